The van der Waals surface area contributed by atoms with Crippen LogP contribution in [0.5, 0.6) is 46.0 Å². The first kappa shape index (κ1) is 92.0. The van der Waals surface area contributed by atoms with Gasteiger partial charge in [0.25, 0.3) is 5.91 Å². The van der Waals surface area contributed by atoms with Crippen molar-refractivity contribution in [2.24, 2.45) is 0 Å². The molecule has 18 nitrogen and oxygen atoms in total. The topological polar surface area (TPSA) is 189 Å². The van der Waals surface area contributed by atoms with Crippen LogP contribution in [0.15, 0.2) is 259 Å². The van der Waals surface area contributed by atoms with Gasteiger partial charge in [-0.3, -0.25) is 38.9 Å². The SMILES string of the molecule is CCN(CC)C(=O)c1ccc2c(c1)Oc1ccccc1C2=C1CC2CCC(C1)N2C.CN1C2CCC1CC(=C1c3ccccc3Oc3cc(Br)ccc31)C2.CN1C2CCC1CC(=C1c3ccccc3Oc3ccccc31)C2.CN1C2CCC1CC(=O)C2.Cc1ccc2c(c1)Oc1ccccc1C2=C1CC2CCC(C1)N2C.O=C=O.O=C=O.O=c1c2ccccc2oc2cc(Br)ccc12. The Kier molecular flexibility index (Phi) is 27.9. The van der Waals surface area contributed by atoms with Crippen molar-refractivity contribution in [2.75, 3.05) is 48.3 Å². The number of hydrogen-bond donors (Lipinski definition) is 0. The van der Waals surface area contributed by atoms with E-state index in [0.29, 0.717) is 82.6 Å². The highest BCUT2D eigenvalue weighted by Gasteiger charge is 2.44. The molecule has 10 unspecified atom stereocenters. The molecule has 682 valence electrons. The molecule has 10 saturated heterocycles. The van der Waals surface area contributed by atoms with Crippen molar-refractivity contribution in [2.45, 2.75) is 210 Å². The Morgan fingerprint density at radius 1 is 0.331 bits per heavy atom. The highest BCUT2D eigenvalue weighted by Crippen LogP contribution is 2.55. The molecule has 10 aromatic carbocycles. The maximum absolute atomic E-state index is 12.9. The highest BCUT2D eigenvalue weighted by molar-refractivity contribution is 9.10. The van der Waals surface area contributed by atoms with Gasteiger partial charge in [-0.1, -0.05) is 169 Å². The third-order valence-corrected chi connectivity index (χ3v) is 31.5. The van der Waals surface area contributed by atoms with Crippen molar-refractivity contribution in [1.82, 2.24) is 29.4 Å². The van der Waals surface area contributed by atoms with E-state index in [-0.39, 0.29) is 23.6 Å². The number of aryl methyl sites for hydroxylation is 1. The number of Topliss-reactive ketones (excluding diaryl/α,β-unsaturated/α-hetero) is 1. The lowest BCUT2D eigenvalue weighted by Crippen LogP contribution is -2.39. The summed E-state index contributed by atoms with van der Waals surface area (Å²) in [4.78, 5) is 83.2. The average Bonchev–Trinajstić information content (AvgIpc) is 1.72. The number of ketones is 1. The number of amides is 1. The number of fused-ring (bicyclic) bond motifs is 20. The van der Waals surface area contributed by atoms with Crippen molar-refractivity contribution in [3.63, 3.8) is 0 Å². The molecule has 10 atom stereocenters. The molecule has 0 N–H and O–H groups in total. The van der Waals surface area contributed by atoms with Gasteiger partial charge >= 0.3 is 12.3 Å². The number of rotatable bonds is 3. The third kappa shape index (κ3) is 18.9. The predicted octanol–water partition coefficient (Wildman–Crippen LogP) is 24.3. The fraction of sp³-hybridized carbons (Fsp3) is 0.354. The van der Waals surface area contributed by atoms with E-state index in [9.17, 15) is 14.4 Å². The van der Waals surface area contributed by atoms with Crippen molar-refractivity contribution in [1.29, 1.82) is 0 Å². The molecule has 1 aromatic heterocycles. The summed E-state index contributed by atoms with van der Waals surface area (Å²) in [5.74, 6) is 8.22. The monoisotopic (exact) mass is 1900 g/mol. The van der Waals surface area contributed by atoms with Crippen LogP contribution < -0.4 is 24.4 Å². The minimum absolute atomic E-state index is 0.0179. The zero-order valence-corrected chi connectivity index (χ0v) is 80.1. The van der Waals surface area contributed by atoms with Crippen molar-refractivity contribution in [3.05, 3.63) is 315 Å². The molecule has 20 heteroatoms. The van der Waals surface area contributed by atoms with E-state index in [1.165, 1.54) is 170 Å². The average molecular weight is 1910 g/mol. The number of carbonyl (C=O) groups excluding carboxylic acids is 6. The Balaban J connectivity index is 0.000000108. The first-order valence-corrected chi connectivity index (χ1v) is 48.9. The van der Waals surface area contributed by atoms with Crippen LogP contribution in [0.2, 0.25) is 0 Å². The second-order valence-corrected chi connectivity index (χ2v) is 39.5. The molecule has 0 spiro atoms. The van der Waals surface area contributed by atoms with Crippen molar-refractivity contribution >= 4 is 100 Å². The van der Waals surface area contributed by atoms with E-state index < -0.39 is 0 Å². The van der Waals surface area contributed by atoms with Gasteiger partial charge in [0.2, 0.25) is 5.43 Å². The smallest absolute Gasteiger partial charge is 0.373 e. The normalized spacial score (nSPS) is 23.1. The van der Waals surface area contributed by atoms with Gasteiger partial charge in [-0.2, -0.15) is 19.2 Å². The molecule has 11 aromatic rings. The minimum Gasteiger partial charge on any atom is -0.456 e. The second-order valence-electron chi connectivity index (χ2n) is 37.7. The van der Waals surface area contributed by atoms with Gasteiger partial charge in [0.1, 0.15) is 62.9 Å². The van der Waals surface area contributed by atoms with E-state index in [0.717, 1.165) is 110 Å². The van der Waals surface area contributed by atoms with Crippen LogP contribution in [0.25, 0.3) is 44.2 Å². The van der Waals surface area contributed by atoms with Gasteiger partial charge in [0.15, 0.2) is 0 Å². The van der Waals surface area contributed by atoms with Gasteiger partial charge in [0.05, 0.1) is 10.8 Å². The molecular formula is C113H114Br2N6O12. The fourth-order valence-electron chi connectivity index (χ4n) is 23.5. The van der Waals surface area contributed by atoms with E-state index in [2.05, 4.69) is 250 Å². The summed E-state index contributed by atoms with van der Waals surface area (Å²) in [6.45, 7) is 7.59. The summed E-state index contributed by atoms with van der Waals surface area (Å²) in [6, 6.07) is 80.9. The Morgan fingerprint density at radius 2 is 0.609 bits per heavy atom. The number of hydrogen-bond acceptors (Lipinski definition) is 17. The van der Waals surface area contributed by atoms with Crippen LogP contribution in [0.1, 0.15) is 203 Å². The van der Waals surface area contributed by atoms with Crippen LogP contribution in [-0.4, -0.2) is 162 Å². The molecule has 10 fully saturated rings. The van der Waals surface area contributed by atoms with E-state index in [1.54, 1.807) is 40.5 Å². The molecule has 133 heavy (non-hydrogen) atoms. The second kappa shape index (κ2) is 40.3. The number of piperidine rings is 5. The number of ether oxygens (including phenoxy) is 4. The molecule has 0 saturated carbocycles. The molecule has 15 heterocycles. The standard InChI is InChI=1S/C26H30N2O2.C22H23NO.C21H20BrNO.C21H21NO.C13H7BrO2.C8H13NO.2CO2/c1-4-28(5-2)26(29)17-10-13-22-24(16-17)30-23-9-7-6-8-21(23)25(22)18-14-19-11-12-20(15-18)27(19)3;1-14-7-10-19-21(11-14)24-20-6-4-3-5-18(20)22(19)15-12-16-8-9-17(13-15)23(16)2;1-23-15-7-8-16(23)11-13(10-15)21-17-4-2-3-5-19(17)24-20-12-14(22)6-9-18(20)21;1-22-15-10-11-16(22)13-14(12-15)21-17-6-2-4-8-19(17)23-20-9-5-3-7-18(20)21;14-8-5-6-10-12(7-8)16-11-4-2-1-3-9(11)13(10)15;1-9-6-2-3-7(9)5-8(10)4-6;2*2-1-3/h6-10,13,16,19-20H,4-5,11-12,14-15H2,1-3H3;3-7,10-11,16-17H,8-9,12-13H2,1-2H3;2-6,9,12,15-16H,7-8,10-11H2,1H3;2-9,15-16H,10-13H2,1H3;1-7H;6-7H,2-5H2,1H3;;. The summed E-state index contributed by atoms with van der Waals surface area (Å²) in [5.41, 5.74) is 25.1. The molecule has 10 bridgehead atoms. The maximum Gasteiger partial charge on any atom is 0.373 e. The van der Waals surface area contributed by atoms with Crippen molar-refractivity contribution < 1.29 is 52.1 Å². The van der Waals surface area contributed by atoms with Gasteiger partial charge < -0.3 is 28.3 Å². The highest BCUT2D eigenvalue weighted by atomic mass is 79.9. The maximum atomic E-state index is 12.9. The molecule has 14 aliphatic heterocycles. The summed E-state index contributed by atoms with van der Waals surface area (Å²) in [5, 5.41) is 1.24. The summed E-state index contributed by atoms with van der Waals surface area (Å²) in [7, 11) is 11.3. The Labute approximate surface area is 795 Å². The molecular weight excluding hydrogens is 1790 g/mol. The van der Waals surface area contributed by atoms with Gasteiger partial charge in [0, 0.05) is 145 Å². The lowest BCUT2D eigenvalue weighted by atomic mass is 9.84. The molecule has 0 aliphatic carbocycles. The molecule has 25 rings (SSSR count). The van der Waals surface area contributed by atoms with Gasteiger partial charge in [-0.15, -0.1) is 0 Å². The molecule has 0 radical (unpaired) electrons. The van der Waals surface area contributed by atoms with Crippen LogP contribution >= 0.6 is 31.9 Å². The van der Waals surface area contributed by atoms with E-state index in [1.807, 2.05) is 67.3 Å². The Bertz CT molecular complexity index is 6290. The number of carbonyl (C=O) groups is 2. The van der Waals surface area contributed by atoms with Gasteiger partial charge in [-0.25, -0.2) is 0 Å². The molecule has 14 aliphatic rings. The fourth-order valence-corrected chi connectivity index (χ4v) is 24.1. The number of para-hydroxylation sites is 6. The van der Waals surface area contributed by atoms with Crippen molar-refractivity contribution in [3.8, 4) is 46.0 Å². The zero-order chi connectivity index (χ0) is 92.4. The lowest BCUT2D eigenvalue weighted by Gasteiger charge is -2.35. The molecule has 1 amide bonds. The third-order valence-electron chi connectivity index (χ3n) is 30.5. The summed E-state index contributed by atoms with van der Waals surface area (Å²) < 4.78 is 32.5. The Hall–Kier alpha value is -11.5. The van der Waals surface area contributed by atoms with Crippen LogP contribution in [0.3, 0.4) is 0 Å². The Morgan fingerprint density at radius 3 is 0.977 bits per heavy atom. The first-order chi connectivity index (χ1) is 64.7. The van der Waals surface area contributed by atoms with Crippen LogP contribution in [-0.2, 0) is 24.0 Å². The quantitative estimate of drug-likeness (QED) is 0.152. The van der Waals surface area contributed by atoms with E-state index in [4.69, 9.17) is 42.5 Å². The number of benzene rings is 10. The summed E-state index contributed by atoms with van der Waals surface area (Å²) in [6.07, 6.45) is 24.7. The largest absolute Gasteiger partial charge is 0.456 e. The predicted molar refractivity (Wildman–Crippen MR) is 527 cm³/mol. The summed E-state index contributed by atoms with van der Waals surface area (Å²) >= 11 is 6.94. The lowest BCUT2D eigenvalue weighted by molar-refractivity contribution is -0.193. The number of halogens is 2. The van der Waals surface area contributed by atoms with Gasteiger partial charge in [-0.05, 0) is 303 Å². The minimum atomic E-state index is 0.0179. The van der Waals surface area contributed by atoms with E-state index >= 15 is 0 Å². The first-order valence-electron chi connectivity index (χ1n) is 47.3. The zero-order valence-electron chi connectivity index (χ0n) is 77.0. The van der Waals surface area contributed by atoms with Crippen LogP contribution in [0, 0.1) is 6.92 Å². The number of nitrogens with zero attached hydrogens (tertiary/aromatic N) is 6. The van der Waals surface area contributed by atoms with Crippen LogP contribution in [0.4, 0.5) is 0 Å².